The molecule has 0 radical (unpaired) electrons. The topological polar surface area (TPSA) is 61.4 Å². The lowest BCUT2D eigenvalue weighted by Crippen LogP contribution is -2.50. The third kappa shape index (κ3) is 4.84. The maximum Gasteiger partial charge on any atom is 0.319 e. The van der Waals surface area contributed by atoms with Gasteiger partial charge in [0.25, 0.3) is 0 Å². The number of amides is 2. The summed E-state index contributed by atoms with van der Waals surface area (Å²) < 4.78 is 0.909. The first kappa shape index (κ1) is 16.0. The molecule has 5 heteroatoms. The average molecular weight is 329 g/mol. The van der Waals surface area contributed by atoms with E-state index in [1.54, 1.807) is 0 Å². The SMILES string of the molecule is CCCC(C)(CO)NC(=O)Nc1cc(Br)ccc1C. The second kappa shape index (κ2) is 6.91. The number of rotatable bonds is 5. The van der Waals surface area contributed by atoms with Crippen LogP contribution in [0, 0.1) is 6.92 Å². The Morgan fingerprint density at radius 3 is 2.74 bits per heavy atom. The number of anilines is 1. The molecular weight excluding hydrogens is 308 g/mol. The zero-order chi connectivity index (χ0) is 14.5. The average Bonchev–Trinajstić information content (AvgIpc) is 2.34. The lowest BCUT2D eigenvalue weighted by Gasteiger charge is -2.28. The van der Waals surface area contributed by atoms with Crippen molar-refractivity contribution >= 4 is 27.6 Å². The standard InChI is InChI=1S/C14H21BrN2O2/c1-4-7-14(3,9-18)17-13(19)16-12-8-11(15)6-5-10(12)2/h5-6,8,18H,4,7,9H2,1-3H3,(H2,16,17,19). The van der Waals surface area contributed by atoms with Crippen molar-refractivity contribution in [1.29, 1.82) is 0 Å². The molecule has 0 fully saturated rings. The summed E-state index contributed by atoms with van der Waals surface area (Å²) in [7, 11) is 0. The van der Waals surface area contributed by atoms with Gasteiger partial charge in [0.2, 0.25) is 0 Å². The summed E-state index contributed by atoms with van der Waals surface area (Å²) in [5.74, 6) is 0. The first-order valence-electron chi connectivity index (χ1n) is 6.36. The number of nitrogens with one attached hydrogen (secondary N) is 2. The van der Waals surface area contributed by atoms with Crippen molar-refractivity contribution in [2.75, 3.05) is 11.9 Å². The van der Waals surface area contributed by atoms with Gasteiger partial charge in [0.15, 0.2) is 0 Å². The van der Waals surface area contributed by atoms with Gasteiger partial charge in [-0.1, -0.05) is 35.3 Å². The van der Waals surface area contributed by atoms with Crippen LogP contribution >= 0.6 is 15.9 Å². The first-order chi connectivity index (χ1) is 8.90. The van der Waals surface area contributed by atoms with E-state index >= 15 is 0 Å². The van der Waals surface area contributed by atoms with Gasteiger partial charge in [-0.3, -0.25) is 0 Å². The molecule has 0 aromatic heterocycles. The Morgan fingerprint density at radius 2 is 2.16 bits per heavy atom. The molecule has 106 valence electrons. The van der Waals surface area contributed by atoms with E-state index in [9.17, 15) is 9.90 Å². The lowest BCUT2D eigenvalue weighted by atomic mass is 9.98. The number of benzene rings is 1. The van der Waals surface area contributed by atoms with E-state index in [-0.39, 0.29) is 12.6 Å². The largest absolute Gasteiger partial charge is 0.394 e. The van der Waals surface area contributed by atoms with E-state index in [1.165, 1.54) is 0 Å². The molecule has 0 aliphatic carbocycles. The molecule has 0 saturated carbocycles. The number of aliphatic hydroxyl groups excluding tert-OH is 1. The minimum atomic E-state index is -0.585. The van der Waals surface area contributed by atoms with Gasteiger partial charge in [-0.25, -0.2) is 4.79 Å². The van der Waals surface area contributed by atoms with Crippen molar-refractivity contribution in [1.82, 2.24) is 5.32 Å². The van der Waals surface area contributed by atoms with E-state index in [1.807, 2.05) is 39.0 Å². The molecule has 1 atom stereocenters. The number of carbonyl (C=O) groups excluding carboxylic acids is 1. The molecule has 0 aliphatic rings. The number of hydrogen-bond donors (Lipinski definition) is 3. The van der Waals surface area contributed by atoms with Crippen LogP contribution in [0.15, 0.2) is 22.7 Å². The zero-order valence-electron chi connectivity index (χ0n) is 11.6. The van der Waals surface area contributed by atoms with Crippen LogP contribution in [0.3, 0.4) is 0 Å². The fraction of sp³-hybridized carbons (Fsp3) is 0.500. The summed E-state index contributed by atoms with van der Waals surface area (Å²) in [5, 5.41) is 15.0. The molecular formula is C14H21BrN2O2. The molecule has 1 aromatic carbocycles. The molecule has 0 heterocycles. The lowest BCUT2D eigenvalue weighted by molar-refractivity contribution is 0.167. The molecule has 3 N–H and O–H groups in total. The number of carbonyl (C=O) groups is 1. The Bertz CT molecular complexity index is 451. The molecule has 1 rings (SSSR count). The van der Waals surface area contributed by atoms with Gasteiger partial charge < -0.3 is 15.7 Å². The predicted octanol–water partition coefficient (Wildman–Crippen LogP) is 3.43. The monoisotopic (exact) mass is 328 g/mol. The van der Waals surface area contributed by atoms with Gasteiger partial charge in [-0.05, 0) is 38.0 Å². The Labute approximate surface area is 122 Å². The quantitative estimate of drug-likeness (QED) is 0.775. The third-order valence-electron chi connectivity index (χ3n) is 3.01. The highest BCUT2D eigenvalue weighted by molar-refractivity contribution is 9.10. The Hall–Kier alpha value is -1.07. The second-order valence-corrected chi connectivity index (χ2v) is 5.92. The van der Waals surface area contributed by atoms with Gasteiger partial charge in [0.1, 0.15) is 0 Å². The van der Waals surface area contributed by atoms with Crippen molar-refractivity contribution in [3.05, 3.63) is 28.2 Å². The molecule has 1 unspecified atom stereocenters. The molecule has 2 amide bonds. The number of hydrogen-bond acceptors (Lipinski definition) is 2. The number of aliphatic hydroxyl groups is 1. The van der Waals surface area contributed by atoms with Crippen LogP contribution < -0.4 is 10.6 Å². The summed E-state index contributed by atoms with van der Waals surface area (Å²) in [6.45, 7) is 5.71. The second-order valence-electron chi connectivity index (χ2n) is 5.01. The van der Waals surface area contributed by atoms with Crippen LogP contribution in [-0.2, 0) is 0 Å². The normalized spacial score (nSPS) is 13.7. The number of halogens is 1. The molecule has 0 aliphatic heterocycles. The van der Waals surface area contributed by atoms with Crippen LogP contribution in [0.5, 0.6) is 0 Å². The van der Waals surface area contributed by atoms with Crippen LogP contribution in [-0.4, -0.2) is 23.3 Å². The minimum Gasteiger partial charge on any atom is -0.394 e. The van der Waals surface area contributed by atoms with Crippen LogP contribution in [0.1, 0.15) is 32.3 Å². The van der Waals surface area contributed by atoms with Gasteiger partial charge >= 0.3 is 6.03 Å². The van der Waals surface area contributed by atoms with Gasteiger partial charge in [-0.2, -0.15) is 0 Å². The number of aryl methyl sites for hydroxylation is 1. The van der Waals surface area contributed by atoms with E-state index < -0.39 is 5.54 Å². The van der Waals surface area contributed by atoms with Crippen LogP contribution in [0.25, 0.3) is 0 Å². The summed E-state index contributed by atoms with van der Waals surface area (Å²) in [5.41, 5.74) is 1.15. The van der Waals surface area contributed by atoms with Crippen LogP contribution in [0.2, 0.25) is 0 Å². The van der Waals surface area contributed by atoms with E-state index in [4.69, 9.17) is 0 Å². The Kier molecular flexibility index (Phi) is 5.82. The van der Waals surface area contributed by atoms with Crippen molar-refractivity contribution in [3.63, 3.8) is 0 Å². The van der Waals surface area contributed by atoms with E-state index in [2.05, 4.69) is 26.6 Å². The van der Waals surface area contributed by atoms with E-state index in [0.717, 1.165) is 28.6 Å². The molecule has 19 heavy (non-hydrogen) atoms. The summed E-state index contributed by atoms with van der Waals surface area (Å²) in [6, 6.07) is 5.40. The summed E-state index contributed by atoms with van der Waals surface area (Å²) in [6.07, 6.45) is 1.63. The van der Waals surface area contributed by atoms with Crippen LogP contribution in [0.4, 0.5) is 10.5 Å². The van der Waals surface area contributed by atoms with Gasteiger partial charge in [0.05, 0.1) is 12.1 Å². The highest BCUT2D eigenvalue weighted by Crippen LogP contribution is 2.21. The highest BCUT2D eigenvalue weighted by atomic mass is 79.9. The zero-order valence-corrected chi connectivity index (χ0v) is 13.2. The molecule has 0 bridgehead atoms. The summed E-state index contributed by atoms with van der Waals surface area (Å²) in [4.78, 5) is 12.0. The number of urea groups is 1. The minimum absolute atomic E-state index is 0.0777. The molecule has 0 spiro atoms. The Balaban J connectivity index is 2.72. The maximum absolute atomic E-state index is 12.0. The van der Waals surface area contributed by atoms with Crippen molar-refractivity contribution < 1.29 is 9.90 Å². The van der Waals surface area contributed by atoms with Gasteiger partial charge in [0, 0.05) is 10.2 Å². The molecule has 0 saturated heterocycles. The fourth-order valence-electron chi connectivity index (χ4n) is 1.89. The fourth-order valence-corrected chi connectivity index (χ4v) is 2.25. The maximum atomic E-state index is 12.0. The van der Waals surface area contributed by atoms with E-state index in [0.29, 0.717) is 0 Å². The highest BCUT2D eigenvalue weighted by Gasteiger charge is 2.24. The predicted molar refractivity (Wildman–Crippen MR) is 81.4 cm³/mol. The van der Waals surface area contributed by atoms with Crippen molar-refractivity contribution in [2.24, 2.45) is 0 Å². The summed E-state index contributed by atoms with van der Waals surface area (Å²) >= 11 is 3.37. The van der Waals surface area contributed by atoms with Crippen molar-refractivity contribution in [3.8, 4) is 0 Å². The third-order valence-corrected chi connectivity index (χ3v) is 3.51. The Morgan fingerprint density at radius 1 is 1.47 bits per heavy atom. The molecule has 4 nitrogen and oxygen atoms in total. The smallest absolute Gasteiger partial charge is 0.319 e. The molecule has 1 aromatic rings. The van der Waals surface area contributed by atoms with Gasteiger partial charge in [-0.15, -0.1) is 0 Å². The first-order valence-corrected chi connectivity index (χ1v) is 7.15. The van der Waals surface area contributed by atoms with Crippen molar-refractivity contribution in [2.45, 2.75) is 39.2 Å².